The molecule has 1 aliphatic rings. The van der Waals surface area contributed by atoms with Gasteiger partial charge in [0.05, 0.1) is 6.10 Å². The molecule has 120 valence electrons. The molecule has 2 heterocycles. The van der Waals surface area contributed by atoms with Gasteiger partial charge in [0, 0.05) is 12.4 Å². The van der Waals surface area contributed by atoms with Gasteiger partial charge in [-0.3, -0.25) is 14.6 Å². The molecule has 1 fully saturated rings. The molecule has 0 unspecified atom stereocenters. The fourth-order valence-electron chi connectivity index (χ4n) is 2.66. The van der Waals surface area contributed by atoms with Gasteiger partial charge in [-0.25, -0.2) is 5.48 Å². The van der Waals surface area contributed by atoms with E-state index in [0.29, 0.717) is 6.42 Å². The SMILES string of the molecule is C[C@H](ONC(=O)[C@H]1CC[C@@H](c2ccccc2)O1)c1ccncc1. The van der Waals surface area contributed by atoms with Crippen LogP contribution in [0.5, 0.6) is 0 Å². The molecule has 0 radical (unpaired) electrons. The maximum Gasteiger partial charge on any atom is 0.272 e. The number of aromatic nitrogens is 1. The first-order valence-electron chi connectivity index (χ1n) is 7.80. The second-order valence-corrected chi connectivity index (χ2v) is 5.61. The number of pyridine rings is 1. The quantitative estimate of drug-likeness (QED) is 0.862. The standard InChI is InChI=1S/C18H20N2O3/c1-13(14-9-11-19-12-10-14)23-20-18(21)17-8-7-16(22-17)15-5-3-2-4-6-15/h2-6,9-13,16-17H,7-8H2,1H3,(H,20,21)/t13-,16-,17+/m0/s1. The Morgan fingerprint density at radius 1 is 1.22 bits per heavy atom. The molecule has 3 atom stereocenters. The summed E-state index contributed by atoms with van der Waals surface area (Å²) in [6, 6.07) is 13.7. The maximum atomic E-state index is 12.2. The Labute approximate surface area is 135 Å². The van der Waals surface area contributed by atoms with Gasteiger partial charge in [0.1, 0.15) is 12.2 Å². The average Bonchev–Trinajstić information content (AvgIpc) is 3.11. The van der Waals surface area contributed by atoms with Crippen LogP contribution < -0.4 is 5.48 Å². The first-order valence-corrected chi connectivity index (χ1v) is 7.80. The summed E-state index contributed by atoms with van der Waals surface area (Å²) in [4.78, 5) is 21.6. The Bertz CT molecular complexity index is 633. The molecule has 0 aliphatic carbocycles. The highest BCUT2D eigenvalue weighted by Crippen LogP contribution is 2.32. The number of hydrogen-bond acceptors (Lipinski definition) is 4. The molecule has 1 aromatic heterocycles. The van der Waals surface area contributed by atoms with Gasteiger partial charge < -0.3 is 4.74 Å². The summed E-state index contributed by atoms with van der Waals surface area (Å²) < 4.78 is 5.85. The second kappa shape index (κ2) is 7.35. The lowest BCUT2D eigenvalue weighted by Crippen LogP contribution is -2.35. The summed E-state index contributed by atoms with van der Waals surface area (Å²) in [6.45, 7) is 1.87. The lowest BCUT2D eigenvalue weighted by atomic mass is 10.1. The van der Waals surface area contributed by atoms with Crippen molar-refractivity contribution in [3.8, 4) is 0 Å². The summed E-state index contributed by atoms with van der Waals surface area (Å²) in [6.07, 6.45) is 4.19. The topological polar surface area (TPSA) is 60.5 Å². The Morgan fingerprint density at radius 3 is 2.70 bits per heavy atom. The highest BCUT2D eigenvalue weighted by atomic mass is 16.7. The van der Waals surface area contributed by atoms with Gasteiger partial charge >= 0.3 is 0 Å². The Morgan fingerprint density at radius 2 is 1.96 bits per heavy atom. The number of benzene rings is 1. The number of hydroxylamine groups is 1. The van der Waals surface area contributed by atoms with E-state index in [4.69, 9.17) is 9.57 Å². The van der Waals surface area contributed by atoms with Gasteiger partial charge in [-0.15, -0.1) is 0 Å². The van der Waals surface area contributed by atoms with Gasteiger partial charge in [0.2, 0.25) is 0 Å². The van der Waals surface area contributed by atoms with Crippen molar-refractivity contribution in [2.24, 2.45) is 0 Å². The van der Waals surface area contributed by atoms with Crippen molar-refractivity contribution < 1.29 is 14.4 Å². The molecular formula is C18H20N2O3. The van der Waals surface area contributed by atoms with E-state index in [1.165, 1.54) is 0 Å². The average molecular weight is 312 g/mol. The minimum Gasteiger partial charge on any atom is -0.360 e. The summed E-state index contributed by atoms with van der Waals surface area (Å²) in [7, 11) is 0. The van der Waals surface area contributed by atoms with E-state index < -0.39 is 6.10 Å². The van der Waals surface area contributed by atoms with Crippen LogP contribution in [0.25, 0.3) is 0 Å². The zero-order chi connectivity index (χ0) is 16.1. The van der Waals surface area contributed by atoms with Crippen molar-refractivity contribution in [3.63, 3.8) is 0 Å². The number of carbonyl (C=O) groups excluding carboxylic acids is 1. The third kappa shape index (κ3) is 3.94. The van der Waals surface area contributed by atoms with Crippen LogP contribution in [0.15, 0.2) is 54.9 Å². The van der Waals surface area contributed by atoms with Gasteiger partial charge in [-0.05, 0) is 43.0 Å². The number of carbonyl (C=O) groups is 1. The van der Waals surface area contributed by atoms with Crippen molar-refractivity contribution >= 4 is 5.91 Å². The predicted octanol–water partition coefficient (Wildman–Crippen LogP) is 3.11. The summed E-state index contributed by atoms with van der Waals surface area (Å²) >= 11 is 0. The molecule has 5 nitrogen and oxygen atoms in total. The highest BCUT2D eigenvalue weighted by Gasteiger charge is 2.31. The predicted molar refractivity (Wildman–Crippen MR) is 85.2 cm³/mol. The van der Waals surface area contributed by atoms with Crippen molar-refractivity contribution in [1.29, 1.82) is 0 Å². The van der Waals surface area contributed by atoms with E-state index >= 15 is 0 Å². The van der Waals surface area contributed by atoms with E-state index in [9.17, 15) is 4.79 Å². The monoisotopic (exact) mass is 312 g/mol. The molecule has 1 aliphatic heterocycles. The zero-order valence-corrected chi connectivity index (χ0v) is 13.0. The number of rotatable bonds is 5. The molecule has 1 amide bonds. The van der Waals surface area contributed by atoms with Crippen LogP contribution in [-0.4, -0.2) is 17.0 Å². The van der Waals surface area contributed by atoms with Crippen LogP contribution in [0.1, 0.15) is 43.1 Å². The molecular weight excluding hydrogens is 292 g/mol. The van der Waals surface area contributed by atoms with Crippen LogP contribution in [0.2, 0.25) is 0 Å². The van der Waals surface area contributed by atoms with E-state index in [1.54, 1.807) is 12.4 Å². The number of amides is 1. The van der Waals surface area contributed by atoms with Crippen molar-refractivity contribution in [3.05, 3.63) is 66.0 Å². The smallest absolute Gasteiger partial charge is 0.272 e. The Kier molecular flexibility index (Phi) is 5.00. The lowest BCUT2D eigenvalue weighted by Gasteiger charge is -2.16. The van der Waals surface area contributed by atoms with Crippen molar-refractivity contribution in [2.75, 3.05) is 0 Å². The first kappa shape index (κ1) is 15.6. The molecule has 3 rings (SSSR count). The van der Waals surface area contributed by atoms with Gasteiger partial charge in [0.15, 0.2) is 0 Å². The van der Waals surface area contributed by atoms with Crippen LogP contribution in [-0.2, 0) is 14.4 Å². The molecule has 2 aromatic rings. The van der Waals surface area contributed by atoms with Crippen LogP contribution in [0.4, 0.5) is 0 Å². The minimum atomic E-state index is -0.468. The third-order valence-electron chi connectivity index (χ3n) is 4.00. The Balaban J connectivity index is 1.50. The third-order valence-corrected chi connectivity index (χ3v) is 4.00. The van der Waals surface area contributed by atoms with Crippen molar-refractivity contribution in [1.82, 2.24) is 10.5 Å². The van der Waals surface area contributed by atoms with Gasteiger partial charge in [-0.1, -0.05) is 30.3 Å². The number of ether oxygens (including phenoxy) is 1. The molecule has 0 saturated carbocycles. The number of nitrogens with one attached hydrogen (secondary N) is 1. The number of hydrogen-bond donors (Lipinski definition) is 1. The molecule has 1 N–H and O–H groups in total. The normalized spacial score (nSPS) is 21.8. The van der Waals surface area contributed by atoms with Crippen molar-refractivity contribution in [2.45, 2.75) is 38.1 Å². The van der Waals surface area contributed by atoms with E-state index in [0.717, 1.165) is 17.5 Å². The van der Waals surface area contributed by atoms with E-state index in [2.05, 4.69) is 10.5 Å². The minimum absolute atomic E-state index is 0.0235. The Hall–Kier alpha value is -2.24. The van der Waals surface area contributed by atoms with Crippen LogP contribution in [0.3, 0.4) is 0 Å². The summed E-state index contributed by atoms with van der Waals surface area (Å²) in [5.74, 6) is -0.232. The molecule has 0 spiro atoms. The fourth-order valence-corrected chi connectivity index (χ4v) is 2.66. The van der Waals surface area contributed by atoms with E-state index in [1.807, 2.05) is 49.4 Å². The zero-order valence-electron chi connectivity index (χ0n) is 13.0. The van der Waals surface area contributed by atoms with Gasteiger partial charge in [-0.2, -0.15) is 0 Å². The molecule has 0 bridgehead atoms. The summed E-state index contributed by atoms with van der Waals surface area (Å²) in [5.41, 5.74) is 4.57. The number of nitrogens with zero attached hydrogens (tertiary/aromatic N) is 1. The molecule has 1 saturated heterocycles. The van der Waals surface area contributed by atoms with Crippen LogP contribution in [0, 0.1) is 0 Å². The second-order valence-electron chi connectivity index (χ2n) is 5.61. The molecule has 1 aromatic carbocycles. The lowest BCUT2D eigenvalue weighted by molar-refractivity contribution is -0.149. The maximum absolute atomic E-state index is 12.2. The first-order chi connectivity index (χ1) is 11.2. The molecule has 23 heavy (non-hydrogen) atoms. The molecule has 5 heteroatoms. The fraction of sp³-hybridized carbons (Fsp3) is 0.333. The van der Waals surface area contributed by atoms with Crippen LogP contribution >= 0.6 is 0 Å². The highest BCUT2D eigenvalue weighted by molar-refractivity contribution is 5.80. The largest absolute Gasteiger partial charge is 0.360 e. The van der Waals surface area contributed by atoms with E-state index in [-0.39, 0.29) is 18.1 Å². The summed E-state index contributed by atoms with van der Waals surface area (Å²) in [5, 5.41) is 0. The van der Waals surface area contributed by atoms with Gasteiger partial charge in [0.25, 0.3) is 5.91 Å².